The van der Waals surface area contributed by atoms with Crippen LogP contribution in [0.2, 0.25) is 0 Å². The fraction of sp³-hybridized carbons (Fsp3) is 0.188. The number of hydrogen-bond donors (Lipinski definition) is 2. The summed E-state index contributed by atoms with van der Waals surface area (Å²) in [6.45, 7) is 2.98. The van der Waals surface area contributed by atoms with E-state index in [4.69, 9.17) is 0 Å². The Morgan fingerprint density at radius 2 is 2.11 bits per heavy atom. The molecule has 2 N–H and O–H groups in total. The molecule has 0 radical (unpaired) electrons. The number of fused-ring (bicyclic) bond motifs is 1. The summed E-state index contributed by atoms with van der Waals surface area (Å²) in [5.74, 6) is 0. The second kappa shape index (κ2) is 5.24. The lowest BCUT2D eigenvalue weighted by atomic mass is 10.1. The highest BCUT2D eigenvalue weighted by atomic mass is 14.9. The molecule has 0 aliphatic rings. The number of nitrogens with zero attached hydrogens (tertiary/aromatic N) is 1. The highest BCUT2D eigenvalue weighted by Gasteiger charge is 2.07. The van der Waals surface area contributed by atoms with Crippen LogP contribution in [-0.4, -0.2) is 9.97 Å². The van der Waals surface area contributed by atoms with Gasteiger partial charge in [-0.3, -0.25) is 4.98 Å². The van der Waals surface area contributed by atoms with Crippen LogP contribution in [0.5, 0.6) is 0 Å². The van der Waals surface area contributed by atoms with Gasteiger partial charge in [0.2, 0.25) is 0 Å². The maximum absolute atomic E-state index is 4.37. The maximum atomic E-state index is 4.37. The lowest BCUT2D eigenvalue weighted by Crippen LogP contribution is -2.19. The molecule has 2 heterocycles. The third-order valence-electron chi connectivity index (χ3n) is 3.42. The maximum Gasteiger partial charge on any atom is 0.0570 e. The lowest BCUT2D eigenvalue weighted by Gasteiger charge is -2.13. The molecule has 3 nitrogen and oxygen atoms in total. The number of aromatic nitrogens is 2. The fourth-order valence-electron chi connectivity index (χ4n) is 2.30. The van der Waals surface area contributed by atoms with Crippen LogP contribution in [0.3, 0.4) is 0 Å². The number of benzene rings is 1. The van der Waals surface area contributed by atoms with Gasteiger partial charge >= 0.3 is 0 Å². The molecule has 0 aliphatic heterocycles. The average molecular weight is 251 g/mol. The third kappa shape index (κ3) is 2.51. The Morgan fingerprint density at radius 3 is 2.95 bits per heavy atom. The van der Waals surface area contributed by atoms with Crippen molar-refractivity contribution in [3.05, 3.63) is 66.1 Å². The van der Waals surface area contributed by atoms with Crippen LogP contribution >= 0.6 is 0 Å². The van der Waals surface area contributed by atoms with Crippen LogP contribution in [0, 0.1) is 0 Å². The number of hydrogen-bond acceptors (Lipinski definition) is 2. The standard InChI is InChI=1S/C16H17N3/c1-12(15-6-2-3-9-17-15)19-11-13-5-4-7-16-14(13)8-10-18-16/h2-10,12,18-19H,11H2,1H3/t12-/m0/s1. The average Bonchev–Trinajstić information content (AvgIpc) is 2.94. The van der Waals surface area contributed by atoms with Crippen molar-refractivity contribution < 1.29 is 0 Å². The van der Waals surface area contributed by atoms with Gasteiger partial charge in [-0.15, -0.1) is 0 Å². The minimum Gasteiger partial charge on any atom is -0.361 e. The van der Waals surface area contributed by atoms with E-state index in [1.54, 1.807) is 0 Å². The van der Waals surface area contributed by atoms with Gasteiger partial charge in [0.15, 0.2) is 0 Å². The molecule has 0 unspecified atom stereocenters. The molecule has 96 valence electrons. The van der Waals surface area contributed by atoms with Gasteiger partial charge in [0.1, 0.15) is 0 Å². The molecular weight excluding hydrogens is 234 g/mol. The molecule has 2 aromatic heterocycles. The van der Waals surface area contributed by atoms with Gasteiger partial charge in [0.25, 0.3) is 0 Å². The van der Waals surface area contributed by atoms with Crippen LogP contribution in [-0.2, 0) is 6.54 Å². The largest absolute Gasteiger partial charge is 0.361 e. The quantitative estimate of drug-likeness (QED) is 0.746. The summed E-state index contributed by atoms with van der Waals surface area (Å²) in [4.78, 5) is 7.61. The molecule has 3 heteroatoms. The molecule has 0 fully saturated rings. The van der Waals surface area contributed by atoms with E-state index in [-0.39, 0.29) is 6.04 Å². The summed E-state index contributed by atoms with van der Waals surface area (Å²) in [6, 6.07) is 14.7. The molecular formula is C16H17N3. The topological polar surface area (TPSA) is 40.7 Å². The summed E-state index contributed by atoms with van der Waals surface area (Å²) < 4.78 is 0. The van der Waals surface area contributed by atoms with Gasteiger partial charge in [-0.25, -0.2) is 0 Å². The van der Waals surface area contributed by atoms with Gasteiger partial charge in [-0.2, -0.15) is 0 Å². The zero-order valence-electron chi connectivity index (χ0n) is 10.9. The smallest absolute Gasteiger partial charge is 0.0570 e. The zero-order valence-corrected chi connectivity index (χ0v) is 10.9. The van der Waals surface area contributed by atoms with Crippen molar-refractivity contribution in [3.8, 4) is 0 Å². The normalized spacial score (nSPS) is 12.7. The second-order valence-corrected chi connectivity index (χ2v) is 4.71. The molecule has 3 rings (SSSR count). The van der Waals surface area contributed by atoms with Crippen molar-refractivity contribution in [2.24, 2.45) is 0 Å². The Labute approximate surface area is 112 Å². The van der Waals surface area contributed by atoms with E-state index >= 15 is 0 Å². The van der Waals surface area contributed by atoms with Crippen LogP contribution in [0.4, 0.5) is 0 Å². The van der Waals surface area contributed by atoms with Crippen molar-refractivity contribution in [2.45, 2.75) is 19.5 Å². The molecule has 0 saturated heterocycles. The Bertz CT molecular complexity index is 658. The minimum atomic E-state index is 0.246. The Kier molecular flexibility index (Phi) is 3.29. The Morgan fingerprint density at radius 1 is 1.16 bits per heavy atom. The van der Waals surface area contributed by atoms with Crippen LogP contribution < -0.4 is 5.32 Å². The lowest BCUT2D eigenvalue weighted by molar-refractivity contribution is 0.563. The second-order valence-electron chi connectivity index (χ2n) is 4.71. The van der Waals surface area contributed by atoms with Crippen molar-refractivity contribution >= 4 is 10.9 Å². The van der Waals surface area contributed by atoms with Crippen LogP contribution in [0.15, 0.2) is 54.9 Å². The molecule has 0 saturated carbocycles. The minimum absolute atomic E-state index is 0.246. The summed E-state index contributed by atoms with van der Waals surface area (Å²) in [5, 5.41) is 4.80. The first kappa shape index (κ1) is 11.9. The Hall–Kier alpha value is -2.13. The first-order chi connectivity index (χ1) is 9.34. The molecule has 0 bridgehead atoms. The predicted octanol–water partition coefficient (Wildman–Crippen LogP) is 3.41. The summed E-state index contributed by atoms with van der Waals surface area (Å²) in [5.41, 5.74) is 3.56. The number of nitrogens with one attached hydrogen (secondary N) is 2. The molecule has 0 amide bonds. The van der Waals surface area contributed by atoms with Gasteiger partial charge in [0, 0.05) is 35.9 Å². The van der Waals surface area contributed by atoms with E-state index in [9.17, 15) is 0 Å². The first-order valence-corrected chi connectivity index (χ1v) is 6.54. The van der Waals surface area contributed by atoms with Crippen LogP contribution in [0.25, 0.3) is 10.9 Å². The molecule has 3 aromatic rings. The molecule has 19 heavy (non-hydrogen) atoms. The van der Waals surface area contributed by atoms with Gasteiger partial charge < -0.3 is 10.3 Å². The van der Waals surface area contributed by atoms with Gasteiger partial charge in [0.05, 0.1) is 5.69 Å². The summed E-state index contributed by atoms with van der Waals surface area (Å²) >= 11 is 0. The monoisotopic (exact) mass is 251 g/mol. The SMILES string of the molecule is C[C@H](NCc1cccc2[nH]ccc12)c1ccccn1. The molecule has 0 spiro atoms. The van der Waals surface area contributed by atoms with E-state index in [0.717, 1.165) is 12.2 Å². The van der Waals surface area contributed by atoms with Crippen molar-refractivity contribution in [3.63, 3.8) is 0 Å². The Balaban J connectivity index is 1.74. The highest BCUT2D eigenvalue weighted by Crippen LogP contribution is 2.18. The molecule has 1 atom stereocenters. The fourth-order valence-corrected chi connectivity index (χ4v) is 2.30. The predicted molar refractivity (Wildman–Crippen MR) is 77.8 cm³/mol. The van der Waals surface area contributed by atoms with Gasteiger partial charge in [-0.1, -0.05) is 18.2 Å². The summed E-state index contributed by atoms with van der Waals surface area (Å²) in [7, 11) is 0. The van der Waals surface area contributed by atoms with E-state index in [1.165, 1.54) is 16.5 Å². The number of pyridine rings is 1. The molecule has 1 aromatic carbocycles. The number of aromatic amines is 1. The number of rotatable bonds is 4. The highest BCUT2D eigenvalue weighted by molar-refractivity contribution is 5.82. The first-order valence-electron chi connectivity index (χ1n) is 6.54. The van der Waals surface area contributed by atoms with E-state index < -0.39 is 0 Å². The van der Waals surface area contributed by atoms with Crippen LogP contribution in [0.1, 0.15) is 24.2 Å². The van der Waals surface area contributed by atoms with E-state index in [0.29, 0.717) is 0 Å². The van der Waals surface area contributed by atoms with Crippen molar-refractivity contribution in [1.29, 1.82) is 0 Å². The zero-order chi connectivity index (χ0) is 13.1. The molecule has 0 aliphatic carbocycles. The van der Waals surface area contributed by atoms with Gasteiger partial charge in [-0.05, 0) is 36.8 Å². The van der Waals surface area contributed by atoms with E-state index in [2.05, 4.69) is 52.5 Å². The van der Waals surface area contributed by atoms with Crippen molar-refractivity contribution in [2.75, 3.05) is 0 Å². The van der Waals surface area contributed by atoms with E-state index in [1.807, 2.05) is 24.5 Å². The third-order valence-corrected chi connectivity index (χ3v) is 3.42. The number of H-pyrrole nitrogens is 1. The van der Waals surface area contributed by atoms with Crippen molar-refractivity contribution in [1.82, 2.24) is 15.3 Å². The summed E-state index contributed by atoms with van der Waals surface area (Å²) in [6.07, 6.45) is 3.82.